The molecule has 0 N–H and O–H groups in total. The molecule has 0 heterocycles. The van der Waals surface area contributed by atoms with Crippen molar-refractivity contribution in [3.05, 3.63) is 139 Å². The Bertz CT molecular complexity index is 1920. The molecule has 0 aromatic heterocycles. The maximum atomic E-state index is 13.2. The van der Waals surface area contributed by atoms with Crippen molar-refractivity contribution in [1.29, 1.82) is 0 Å². The summed E-state index contributed by atoms with van der Waals surface area (Å²) in [6, 6.07) is 5.26. The first-order valence-electron chi connectivity index (χ1n) is 13.8. The first kappa shape index (κ1) is 41.5. The van der Waals surface area contributed by atoms with Crippen LogP contribution >= 0.6 is 47.8 Å². The van der Waals surface area contributed by atoms with Crippen molar-refractivity contribution in [2.24, 2.45) is 0 Å². The summed E-state index contributed by atoms with van der Waals surface area (Å²) in [6.07, 6.45) is -8.20. The quantitative estimate of drug-likeness (QED) is 0.0594. The lowest BCUT2D eigenvalue weighted by molar-refractivity contribution is 0.0724. The minimum absolute atomic E-state index is 0.256. The predicted octanol–water partition coefficient (Wildman–Crippen LogP) is 11.9. The number of halogens is 12. The molecule has 54 heavy (non-hydrogen) atoms. The summed E-state index contributed by atoms with van der Waals surface area (Å²) in [6.45, 7) is 0. The van der Waals surface area contributed by atoms with Gasteiger partial charge in [-0.15, -0.1) is 0 Å². The SMILES string of the molecule is O=C(Oc1c(Br)c(OC(=O)c2ccc(OC(F)=C(F)F)cc2)c(Br)c(OC(=O)c2ccc(OC(F)=C(F)F)cc2)c1Br)c1ccc(OC(F)=C(F)F)cc1. The van der Waals surface area contributed by atoms with Gasteiger partial charge in [0.25, 0.3) is 0 Å². The van der Waals surface area contributed by atoms with E-state index >= 15 is 0 Å². The molecule has 0 saturated heterocycles. The maximum Gasteiger partial charge on any atom is 0.344 e. The van der Waals surface area contributed by atoms with Gasteiger partial charge in [0, 0.05) is 0 Å². The first-order valence-corrected chi connectivity index (χ1v) is 16.2. The Morgan fingerprint density at radius 1 is 0.352 bits per heavy atom. The number of hydrogen-bond donors (Lipinski definition) is 0. The van der Waals surface area contributed by atoms with E-state index in [1.54, 1.807) is 0 Å². The summed E-state index contributed by atoms with van der Waals surface area (Å²) in [5, 5.41) is 0. The molecule has 4 rings (SSSR count). The summed E-state index contributed by atoms with van der Waals surface area (Å²) >= 11 is 9.42. The number of hydrogen-bond acceptors (Lipinski definition) is 9. The van der Waals surface area contributed by atoms with E-state index in [0.717, 1.165) is 72.8 Å². The molecule has 0 saturated carbocycles. The Morgan fingerprint density at radius 2 is 0.556 bits per heavy atom. The number of ether oxygens (including phenoxy) is 6. The smallest absolute Gasteiger partial charge is 0.344 e. The molecule has 282 valence electrons. The normalized spacial score (nSPS) is 10.4. The highest BCUT2D eigenvalue weighted by Crippen LogP contribution is 2.53. The zero-order valence-corrected chi connectivity index (χ0v) is 30.4. The highest BCUT2D eigenvalue weighted by molar-refractivity contribution is 9.11. The van der Waals surface area contributed by atoms with Crippen LogP contribution in [0.3, 0.4) is 0 Å². The number of benzene rings is 4. The van der Waals surface area contributed by atoms with Gasteiger partial charge in [0.2, 0.25) is 0 Å². The maximum absolute atomic E-state index is 13.2. The van der Waals surface area contributed by atoms with Crippen molar-refractivity contribution in [3.63, 3.8) is 0 Å². The fourth-order valence-electron chi connectivity index (χ4n) is 3.73. The molecular formula is C33H12Br3F9O9. The molecule has 0 radical (unpaired) electrons. The van der Waals surface area contributed by atoms with Crippen LogP contribution < -0.4 is 28.4 Å². The molecule has 0 bridgehead atoms. The number of rotatable bonds is 12. The van der Waals surface area contributed by atoms with E-state index < -0.39 is 88.7 Å². The Kier molecular flexibility index (Phi) is 14.0. The average Bonchev–Trinajstić information content (AvgIpc) is 3.14. The van der Waals surface area contributed by atoms with Crippen molar-refractivity contribution in [2.45, 2.75) is 0 Å². The number of esters is 3. The minimum atomic E-state index is -2.73. The third kappa shape index (κ3) is 10.4. The van der Waals surface area contributed by atoms with Crippen LogP contribution in [0.1, 0.15) is 31.1 Å². The fourth-order valence-corrected chi connectivity index (χ4v) is 6.20. The van der Waals surface area contributed by atoms with E-state index in [4.69, 9.17) is 14.2 Å². The molecule has 0 aliphatic carbocycles. The molecule has 0 atom stereocenters. The van der Waals surface area contributed by atoms with Gasteiger partial charge in [0.15, 0.2) is 17.2 Å². The van der Waals surface area contributed by atoms with Crippen molar-refractivity contribution < 1.29 is 82.3 Å². The molecule has 4 aromatic carbocycles. The second-order valence-electron chi connectivity index (χ2n) is 9.58. The molecule has 0 aliphatic heterocycles. The zero-order valence-electron chi connectivity index (χ0n) is 25.6. The molecule has 0 amide bonds. The lowest BCUT2D eigenvalue weighted by atomic mass is 10.2. The second-order valence-corrected chi connectivity index (χ2v) is 12.0. The summed E-state index contributed by atoms with van der Waals surface area (Å²) in [7, 11) is 0. The van der Waals surface area contributed by atoms with Crippen LogP contribution in [0, 0.1) is 0 Å². The highest BCUT2D eigenvalue weighted by atomic mass is 79.9. The lowest BCUT2D eigenvalue weighted by Gasteiger charge is -2.18. The van der Waals surface area contributed by atoms with Gasteiger partial charge in [-0.3, -0.25) is 0 Å². The standard InChI is InChI=1S/C33H12Br3F9O9/c34-19-22(52-31(46)13-1-7-16(8-2-13)49-28(43)25(37)38)20(35)24(54-33(48)15-5-11-18(12-6-15)51-30(45)27(41)42)21(36)23(19)53-32(47)14-3-9-17(10-4-14)50-29(44)26(39)40/h1-12H. The molecular weight excluding hydrogens is 951 g/mol. The van der Waals surface area contributed by atoms with Crippen molar-refractivity contribution >= 4 is 65.7 Å². The van der Waals surface area contributed by atoms with Crippen molar-refractivity contribution in [2.75, 3.05) is 0 Å². The molecule has 9 nitrogen and oxygen atoms in total. The van der Waals surface area contributed by atoms with Gasteiger partial charge in [-0.05, 0) is 121 Å². The van der Waals surface area contributed by atoms with E-state index in [0.29, 0.717) is 0 Å². The summed E-state index contributed by atoms with van der Waals surface area (Å²) < 4.78 is 142. The monoisotopic (exact) mass is 960 g/mol. The van der Waals surface area contributed by atoms with Gasteiger partial charge >= 0.3 is 54.2 Å². The Balaban J connectivity index is 1.70. The predicted molar refractivity (Wildman–Crippen MR) is 177 cm³/mol. The van der Waals surface area contributed by atoms with E-state index in [1.807, 2.05) is 0 Å². The Hall–Kier alpha value is -5.28. The number of carbonyl (C=O) groups excluding carboxylic acids is 3. The minimum Gasteiger partial charge on any atom is -0.428 e. The summed E-state index contributed by atoms with van der Waals surface area (Å²) in [5.41, 5.74) is -0.767. The Labute approximate surface area is 320 Å². The Morgan fingerprint density at radius 3 is 0.741 bits per heavy atom. The molecule has 21 heteroatoms. The van der Waals surface area contributed by atoms with Gasteiger partial charge in [-0.25, -0.2) is 14.4 Å². The van der Waals surface area contributed by atoms with Crippen LogP contribution in [0.15, 0.2) is 122 Å². The molecule has 0 unspecified atom stereocenters. The van der Waals surface area contributed by atoms with Gasteiger partial charge in [0.1, 0.15) is 30.7 Å². The molecule has 0 spiro atoms. The summed E-state index contributed by atoms with van der Waals surface area (Å²) in [4.78, 5) is 39.4. The fraction of sp³-hybridized carbons (Fsp3) is 0. The first-order chi connectivity index (χ1) is 25.5. The second kappa shape index (κ2) is 18.2. The van der Waals surface area contributed by atoms with Crippen LogP contribution in [-0.4, -0.2) is 17.9 Å². The average molecular weight is 963 g/mol. The number of carbonyl (C=O) groups is 3. The van der Waals surface area contributed by atoms with Crippen LogP contribution in [0.25, 0.3) is 0 Å². The topological polar surface area (TPSA) is 107 Å². The van der Waals surface area contributed by atoms with E-state index in [-0.39, 0.29) is 30.1 Å². The van der Waals surface area contributed by atoms with Gasteiger partial charge in [-0.2, -0.15) is 39.5 Å². The van der Waals surface area contributed by atoms with E-state index in [1.165, 1.54) is 0 Å². The zero-order chi connectivity index (χ0) is 39.9. The van der Waals surface area contributed by atoms with Crippen molar-refractivity contribution in [1.82, 2.24) is 0 Å². The third-order valence-corrected chi connectivity index (χ3v) is 8.28. The largest absolute Gasteiger partial charge is 0.428 e. The van der Waals surface area contributed by atoms with Crippen LogP contribution in [-0.2, 0) is 0 Å². The van der Waals surface area contributed by atoms with Gasteiger partial charge in [0.05, 0.1) is 16.7 Å². The van der Waals surface area contributed by atoms with E-state index in [2.05, 4.69) is 62.0 Å². The van der Waals surface area contributed by atoms with E-state index in [9.17, 15) is 53.9 Å². The molecule has 0 aliphatic rings. The van der Waals surface area contributed by atoms with Gasteiger partial charge < -0.3 is 28.4 Å². The third-order valence-electron chi connectivity index (χ3n) is 6.12. The van der Waals surface area contributed by atoms with Crippen LogP contribution in [0.4, 0.5) is 39.5 Å². The van der Waals surface area contributed by atoms with Crippen molar-refractivity contribution in [3.8, 4) is 34.5 Å². The highest BCUT2D eigenvalue weighted by Gasteiger charge is 2.30. The van der Waals surface area contributed by atoms with Crippen LogP contribution in [0.2, 0.25) is 0 Å². The summed E-state index contributed by atoms with van der Waals surface area (Å²) in [5.74, 6) is -6.22. The lowest BCUT2D eigenvalue weighted by Crippen LogP contribution is -2.14. The van der Waals surface area contributed by atoms with Gasteiger partial charge in [-0.1, -0.05) is 0 Å². The molecule has 0 fully saturated rings. The molecule has 4 aromatic rings. The van der Waals surface area contributed by atoms with Crippen LogP contribution in [0.5, 0.6) is 34.5 Å².